The maximum atomic E-state index is 12.6. The highest BCUT2D eigenvalue weighted by Gasteiger charge is 2.22. The van der Waals surface area contributed by atoms with Crippen LogP contribution in [0.15, 0.2) is 36.4 Å². The van der Waals surface area contributed by atoms with Gasteiger partial charge in [0.25, 0.3) is 11.6 Å². The predicted octanol–water partition coefficient (Wildman–Crippen LogP) is 5.32. The highest BCUT2D eigenvalue weighted by atomic mass is 35.5. The van der Waals surface area contributed by atoms with Gasteiger partial charge in [0.15, 0.2) is 11.5 Å². The maximum Gasteiger partial charge on any atom is 0.283 e. The number of methoxy groups -OCH3 is 1. The first-order chi connectivity index (χ1) is 13.9. The molecule has 1 amide bonds. The summed E-state index contributed by atoms with van der Waals surface area (Å²) in [4.78, 5) is 23.2. The summed E-state index contributed by atoms with van der Waals surface area (Å²) in [6.07, 6.45) is 3.18. The Morgan fingerprint density at radius 1 is 1.21 bits per heavy atom. The topological polar surface area (TPSA) is 90.7 Å². The number of nitrogens with one attached hydrogen (secondary N) is 1. The van der Waals surface area contributed by atoms with E-state index in [1.54, 1.807) is 26.2 Å². The second-order valence-corrected chi connectivity index (χ2v) is 7.02. The van der Waals surface area contributed by atoms with Crippen LogP contribution in [0.5, 0.6) is 11.5 Å². The van der Waals surface area contributed by atoms with E-state index in [9.17, 15) is 14.9 Å². The first-order valence-corrected chi connectivity index (χ1v) is 9.80. The van der Waals surface area contributed by atoms with Gasteiger partial charge in [0, 0.05) is 11.1 Å². The molecular weight excluding hydrogens is 396 g/mol. The summed E-state index contributed by atoms with van der Waals surface area (Å²) in [6.45, 7) is 4.52. The number of nitro groups is 1. The number of carbonyl (C=O) groups is 1. The van der Waals surface area contributed by atoms with Crippen molar-refractivity contribution >= 4 is 23.2 Å². The normalized spacial score (nSPS) is 11.6. The summed E-state index contributed by atoms with van der Waals surface area (Å²) >= 11 is 5.81. The molecule has 1 unspecified atom stereocenters. The van der Waals surface area contributed by atoms with Crippen molar-refractivity contribution in [1.29, 1.82) is 0 Å². The number of hydrogen-bond donors (Lipinski definition) is 1. The molecule has 0 aliphatic heterocycles. The minimum absolute atomic E-state index is 0.0471. The fourth-order valence-corrected chi connectivity index (χ4v) is 2.98. The van der Waals surface area contributed by atoms with Gasteiger partial charge in [-0.05, 0) is 43.2 Å². The van der Waals surface area contributed by atoms with E-state index in [-0.39, 0.29) is 16.3 Å². The molecule has 156 valence electrons. The summed E-state index contributed by atoms with van der Waals surface area (Å²) in [5.41, 5.74) is 0.400. The quantitative estimate of drug-likeness (QED) is 0.319. The summed E-state index contributed by atoms with van der Waals surface area (Å²) in [7, 11) is 1.55. The Labute approximate surface area is 175 Å². The lowest BCUT2D eigenvalue weighted by atomic mass is 10.1. The number of nitro benzene ring substituents is 1. The molecule has 1 atom stereocenters. The molecule has 1 N–H and O–H groups in total. The zero-order chi connectivity index (χ0) is 21.4. The van der Waals surface area contributed by atoms with Gasteiger partial charge in [0.1, 0.15) is 5.56 Å². The first-order valence-electron chi connectivity index (χ1n) is 9.42. The smallest absolute Gasteiger partial charge is 0.283 e. The molecule has 0 aliphatic carbocycles. The standard InChI is InChI=1S/C21H25ClN2O5/c1-4-5-6-11-29-19-10-7-15(12-20(19)28-3)14(2)23-21(25)17-9-8-16(22)13-18(17)24(26)27/h7-10,12-14H,4-6,11H2,1-3H3,(H,23,25). The summed E-state index contributed by atoms with van der Waals surface area (Å²) in [6, 6.07) is 8.97. The van der Waals surface area contributed by atoms with E-state index >= 15 is 0 Å². The number of carbonyl (C=O) groups excluding carboxylic acids is 1. The van der Waals surface area contributed by atoms with Crippen molar-refractivity contribution in [2.75, 3.05) is 13.7 Å². The van der Waals surface area contributed by atoms with Gasteiger partial charge < -0.3 is 14.8 Å². The van der Waals surface area contributed by atoms with Gasteiger partial charge in [0.05, 0.1) is 24.7 Å². The number of rotatable bonds is 10. The molecule has 0 aliphatic rings. The van der Waals surface area contributed by atoms with E-state index in [0.717, 1.165) is 30.9 Å². The molecule has 29 heavy (non-hydrogen) atoms. The number of unbranched alkanes of at least 4 members (excludes halogenated alkanes) is 2. The molecule has 7 nitrogen and oxygen atoms in total. The van der Waals surface area contributed by atoms with Crippen molar-refractivity contribution in [3.05, 3.63) is 62.7 Å². The van der Waals surface area contributed by atoms with Crippen molar-refractivity contribution in [2.45, 2.75) is 39.2 Å². The van der Waals surface area contributed by atoms with Gasteiger partial charge in [-0.2, -0.15) is 0 Å². The van der Waals surface area contributed by atoms with Crippen molar-refractivity contribution in [3.63, 3.8) is 0 Å². The summed E-state index contributed by atoms with van der Waals surface area (Å²) < 4.78 is 11.2. The summed E-state index contributed by atoms with van der Waals surface area (Å²) in [5, 5.41) is 14.2. The predicted molar refractivity (Wildman–Crippen MR) is 112 cm³/mol. The van der Waals surface area contributed by atoms with Gasteiger partial charge in [-0.25, -0.2) is 0 Å². The Kier molecular flexibility index (Phi) is 8.27. The van der Waals surface area contributed by atoms with Crippen LogP contribution in [0.3, 0.4) is 0 Å². The average Bonchev–Trinajstić information content (AvgIpc) is 2.70. The van der Waals surface area contributed by atoms with Gasteiger partial charge in [-0.15, -0.1) is 0 Å². The van der Waals surface area contributed by atoms with E-state index in [4.69, 9.17) is 21.1 Å². The maximum absolute atomic E-state index is 12.6. The van der Waals surface area contributed by atoms with E-state index in [1.165, 1.54) is 12.1 Å². The number of amides is 1. The third-order valence-corrected chi connectivity index (χ3v) is 4.68. The van der Waals surface area contributed by atoms with E-state index in [1.807, 2.05) is 6.07 Å². The highest BCUT2D eigenvalue weighted by Crippen LogP contribution is 2.31. The minimum atomic E-state index is -0.626. The van der Waals surface area contributed by atoms with Gasteiger partial charge in [-0.3, -0.25) is 14.9 Å². The second kappa shape index (κ2) is 10.7. The molecule has 2 aromatic carbocycles. The molecule has 8 heteroatoms. The Balaban J connectivity index is 2.13. The van der Waals surface area contributed by atoms with Crippen LogP contribution in [-0.2, 0) is 0 Å². The lowest BCUT2D eigenvalue weighted by Gasteiger charge is -2.17. The molecule has 0 radical (unpaired) electrons. The number of hydrogen-bond acceptors (Lipinski definition) is 5. The van der Waals surface area contributed by atoms with Crippen molar-refractivity contribution < 1.29 is 19.2 Å². The molecule has 0 heterocycles. The average molecular weight is 421 g/mol. The van der Waals surface area contributed by atoms with E-state index in [0.29, 0.717) is 18.1 Å². The number of ether oxygens (including phenoxy) is 2. The highest BCUT2D eigenvalue weighted by molar-refractivity contribution is 6.31. The lowest BCUT2D eigenvalue weighted by molar-refractivity contribution is -0.385. The molecule has 2 aromatic rings. The van der Waals surface area contributed by atoms with E-state index < -0.39 is 16.9 Å². The first kappa shape index (κ1) is 22.5. The lowest BCUT2D eigenvalue weighted by Crippen LogP contribution is -2.27. The largest absolute Gasteiger partial charge is 0.493 e. The van der Waals surface area contributed by atoms with Crippen LogP contribution < -0.4 is 14.8 Å². The Bertz CT molecular complexity index is 872. The van der Waals surface area contributed by atoms with Crippen LogP contribution in [0.2, 0.25) is 5.02 Å². The van der Waals surface area contributed by atoms with E-state index in [2.05, 4.69) is 12.2 Å². The fourth-order valence-electron chi connectivity index (χ4n) is 2.81. The zero-order valence-corrected chi connectivity index (χ0v) is 17.5. The number of halogens is 1. The van der Waals surface area contributed by atoms with Crippen LogP contribution in [0, 0.1) is 10.1 Å². The Hall–Kier alpha value is -2.80. The fraction of sp³-hybridized carbons (Fsp3) is 0.381. The molecule has 0 saturated heterocycles. The molecule has 0 fully saturated rings. The van der Waals surface area contributed by atoms with Crippen molar-refractivity contribution in [2.24, 2.45) is 0 Å². The molecule has 2 rings (SSSR count). The van der Waals surface area contributed by atoms with Crippen LogP contribution in [0.25, 0.3) is 0 Å². The third kappa shape index (κ3) is 6.09. The van der Waals surface area contributed by atoms with Gasteiger partial charge in [-0.1, -0.05) is 37.4 Å². The van der Waals surface area contributed by atoms with Crippen LogP contribution >= 0.6 is 11.6 Å². The van der Waals surface area contributed by atoms with Gasteiger partial charge >= 0.3 is 0 Å². The zero-order valence-electron chi connectivity index (χ0n) is 16.7. The number of nitrogens with zero attached hydrogens (tertiary/aromatic N) is 1. The van der Waals surface area contributed by atoms with Crippen LogP contribution in [0.1, 0.15) is 55.1 Å². The SMILES string of the molecule is CCCCCOc1ccc(C(C)NC(=O)c2ccc(Cl)cc2[N+](=O)[O-])cc1OC. The van der Waals surface area contributed by atoms with Gasteiger partial charge in [0.2, 0.25) is 0 Å². The third-order valence-electron chi connectivity index (χ3n) is 4.44. The van der Waals surface area contributed by atoms with Crippen molar-refractivity contribution in [1.82, 2.24) is 5.32 Å². The molecular formula is C21H25ClN2O5. The molecule has 0 bridgehead atoms. The van der Waals surface area contributed by atoms with Crippen molar-refractivity contribution in [3.8, 4) is 11.5 Å². The molecule has 0 aromatic heterocycles. The summed E-state index contributed by atoms with van der Waals surface area (Å²) in [5.74, 6) is 0.650. The second-order valence-electron chi connectivity index (χ2n) is 6.58. The monoisotopic (exact) mass is 420 g/mol. The van der Waals surface area contributed by atoms with Crippen LogP contribution in [-0.4, -0.2) is 24.5 Å². The Morgan fingerprint density at radius 2 is 1.97 bits per heavy atom. The Morgan fingerprint density at radius 3 is 2.62 bits per heavy atom. The molecule has 0 saturated carbocycles. The molecule has 0 spiro atoms. The van der Waals surface area contributed by atoms with Crippen LogP contribution in [0.4, 0.5) is 5.69 Å². The number of benzene rings is 2. The minimum Gasteiger partial charge on any atom is -0.493 e.